The first-order valence-electron chi connectivity index (χ1n) is 6.74. The van der Waals surface area contributed by atoms with Crippen molar-refractivity contribution in [3.05, 3.63) is 29.3 Å². The first-order chi connectivity index (χ1) is 8.29. The lowest BCUT2D eigenvalue weighted by molar-refractivity contribution is 0.107. The highest BCUT2D eigenvalue weighted by Crippen LogP contribution is 2.18. The zero-order chi connectivity index (χ0) is 12.1. The Labute approximate surface area is 104 Å². The van der Waals surface area contributed by atoms with E-state index in [0.29, 0.717) is 6.10 Å². The summed E-state index contributed by atoms with van der Waals surface area (Å²) in [5.74, 6) is 0. The summed E-state index contributed by atoms with van der Waals surface area (Å²) in [6.07, 6.45) is 5.18. The van der Waals surface area contributed by atoms with Crippen LogP contribution in [-0.2, 0) is 11.2 Å². The van der Waals surface area contributed by atoms with Crippen LogP contribution >= 0.6 is 0 Å². The maximum atomic E-state index is 5.61. The van der Waals surface area contributed by atoms with Gasteiger partial charge in [-0.1, -0.05) is 13.0 Å². The van der Waals surface area contributed by atoms with Crippen molar-refractivity contribution in [2.45, 2.75) is 45.6 Å². The zero-order valence-electron chi connectivity index (χ0n) is 11.0. The Morgan fingerprint density at radius 2 is 2.29 bits per heavy atom. The molecule has 0 saturated carbocycles. The molecule has 0 aromatic heterocycles. The predicted octanol–water partition coefficient (Wildman–Crippen LogP) is 3.54. The third-order valence-corrected chi connectivity index (χ3v) is 3.54. The van der Waals surface area contributed by atoms with E-state index < -0.39 is 0 Å². The summed E-state index contributed by atoms with van der Waals surface area (Å²) < 4.78 is 5.61. The van der Waals surface area contributed by atoms with Crippen LogP contribution < -0.4 is 5.32 Å². The summed E-state index contributed by atoms with van der Waals surface area (Å²) in [5.41, 5.74) is 4.06. The lowest BCUT2D eigenvalue weighted by atomic mass is 10.1. The van der Waals surface area contributed by atoms with Crippen LogP contribution in [0.3, 0.4) is 0 Å². The molecular weight excluding hydrogens is 210 g/mol. The van der Waals surface area contributed by atoms with E-state index in [2.05, 4.69) is 37.4 Å². The Bertz CT molecular complexity index is 356. The van der Waals surface area contributed by atoms with Crippen LogP contribution in [0.2, 0.25) is 0 Å². The molecule has 1 fully saturated rings. The molecule has 1 heterocycles. The number of nitrogens with one attached hydrogen (secondary N) is 1. The van der Waals surface area contributed by atoms with Gasteiger partial charge in [0.2, 0.25) is 0 Å². The van der Waals surface area contributed by atoms with Crippen molar-refractivity contribution in [2.75, 3.05) is 18.5 Å². The molecule has 17 heavy (non-hydrogen) atoms. The summed E-state index contributed by atoms with van der Waals surface area (Å²) in [4.78, 5) is 0. The van der Waals surface area contributed by atoms with Crippen molar-refractivity contribution in [1.82, 2.24) is 0 Å². The monoisotopic (exact) mass is 233 g/mol. The van der Waals surface area contributed by atoms with Gasteiger partial charge in [0, 0.05) is 18.8 Å². The highest BCUT2D eigenvalue weighted by Gasteiger charge is 2.14. The summed E-state index contributed by atoms with van der Waals surface area (Å²) in [5, 5.41) is 3.48. The highest BCUT2D eigenvalue weighted by molar-refractivity contribution is 5.48. The number of anilines is 1. The van der Waals surface area contributed by atoms with Crippen LogP contribution in [0.1, 0.15) is 37.3 Å². The minimum Gasteiger partial charge on any atom is -0.385 e. The molecule has 1 atom stereocenters. The van der Waals surface area contributed by atoms with Crippen molar-refractivity contribution in [2.24, 2.45) is 0 Å². The molecule has 1 N–H and O–H groups in total. The molecule has 0 bridgehead atoms. The van der Waals surface area contributed by atoms with Crippen LogP contribution in [0, 0.1) is 6.92 Å². The Kier molecular flexibility index (Phi) is 4.43. The van der Waals surface area contributed by atoms with Gasteiger partial charge < -0.3 is 10.1 Å². The summed E-state index contributed by atoms with van der Waals surface area (Å²) in [6, 6.07) is 6.65. The highest BCUT2D eigenvalue weighted by atomic mass is 16.5. The predicted molar refractivity (Wildman–Crippen MR) is 72.6 cm³/mol. The van der Waals surface area contributed by atoms with Gasteiger partial charge in [-0.25, -0.2) is 0 Å². The normalized spacial score (nSPS) is 19.5. The van der Waals surface area contributed by atoms with E-state index in [9.17, 15) is 0 Å². The largest absolute Gasteiger partial charge is 0.385 e. The fourth-order valence-electron chi connectivity index (χ4n) is 2.45. The molecule has 2 rings (SSSR count). The van der Waals surface area contributed by atoms with Crippen LogP contribution in [-0.4, -0.2) is 19.3 Å². The van der Waals surface area contributed by atoms with Crippen molar-refractivity contribution in [1.29, 1.82) is 0 Å². The minimum absolute atomic E-state index is 0.485. The Balaban J connectivity index is 1.80. The number of hydrogen-bond acceptors (Lipinski definition) is 2. The van der Waals surface area contributed by atoms with E-state index in [1.165, 1.54) is 29.7 Å². The summed E-state index contributed by atoms with van der Waals surface area (Å²) >= 11 is 0. The van der Waals surface area contributed by atoms with Crippen LogP contribution in [0.25, 0.3) is 0 Å². The van der Waals surface area contributed by atoms with Gasteiger partial charge in [0.15, 0.2) is 0 Å². The summed E-state index contributed by atoms with van der Waals surface area (Å²) in [7, 11) is 0. The smallest absolute Gasteiger partial charge is 0.0592 e. The average molecular weight is 233 g/mol. The molecule has 1 aliphatic rings. The maximum Gasteiger partial charge on any atom is 0.0592 e. The van der Waals surface area contributed by atoms with Crippen molar-refractivity contribution in [3.8, 4) is 0 Å². The van der Waals surface area contributed by atoms with Gasteiger partial charge in [-0.05, 0) is 55.9 Å². The lowest BCUT2D eigenvalue weighted by Crippen LogP contribution is -2.12. The fraction of sp³-hybridized carbons (Fsp3) is 0.600. The van der Waals surface area contributed by atoms with Crippen LogP contribution in [0.15, 0.2) is 18.2 Å². The molecular formula is C15H23NO. The quantitative estimate of drug-likeness (QED) is 0.840. The van der Waals surface area contributed by atoms with Gasteiger partial charge in [0.05, 0.1) is 6.10 Å². The molecule has 1 aromatic carbocycles. The van der Waals surface area contributed by atoms with Gasteiger partial charge in [0.25, 0.3) is 0 Å². The fourth-order valence-corrected chi connectivity index (χ4v) is 2.45. The number of ether oxygens (including phenoxy) is 1. The van der Waals surface area contributed by atoms with Gasteiger partial charge in [0.1, 0.15) is 0 Å². The molecule has 94 valence electrons. The van der Waals surface area contributed by atoms with Crippen LogP contribution in [0.4, 0.5) is 5.69 Å². The van der Waals surface area contributed by atoms with Gasteiger partial charge >= 0.3 is 0 Å². The second-order valence-corrected chi connectivity index (χ2v) is 4.85. The Morgan fingerprint density at radius 1 is 1.41 bits per heavy atom. The van der Waals surface area contributed by atoms with E-state index in [1.807, 2.05) is 0 Å². The molecule has 2 nitrogen and oxygen atoms in total. The van der Waals surface area contributed by atoms with Gasteiger partial charge in [-0.3, -0.25) is 0 Å². The Morgan fingerprint density at radius 3 is 2.94 bits per heavy atom. The molecule has 1 aliphatic heterocycles. The molecule has 1 aromatic rings. The topological polar surface area (TPSA) is 21.3 Å². The van der Waals surface area contributed by atoms with E-state index in [0.717, 1.165) is 26.0 Å². The molecule has 1 saturated heterocycles. The van der Waals surface area contributed by atoms with Gasteiger partial charge in [-0.2, -0.15) is 0 Å². The number of hydrogen-bond donors (Lipinski definition) is 1. The number of benzene rings is 1. The van der Waals surface area contributed by atoms with E-state index in [4.69, 9.17) is 4.74 Å². The molecule has 0 amide bonds. The van der Waals surface area contributed by atoms with Crippen molar-refractivity contribution in [3.63, 3.8) is 0 Å². The van der Waals surface area contributed by atoms with E-state index in [-0.39, 0.29) is 0 Å². The Hall–Kier alpha value is -1.02. The van der Waals surface area contributed by atoms with Crippen molar-refractivity contribution < 1.29 is 4.74 Å². The molecule has 1 unspecified atom stereocenters. The second kappa shape index (κ2) is 6.06. The standard InChI is InChI=1S/C15H23NO/c1-3-13-6-7-14(11-12(13)2)16-9-8-15-5-4-10-17-15/h6-7,11,15-16H,3-5,8-10H2,1-2H3. The lowest BCUT2D eigenvalue weighted by Gasteiger charge is -2.12. The van der Waals surface area contributed by atoms with Crippen LogP contribution in [0.5, 0.6) is 0 Å². The third-order valence-electron chi connectivity index (χ3n) is 3.54. The van der Waals surface area contributed by atoms with Gasteiger partial charge in [-0.15, -0.1) is 0 Å². The molecule has 0 aliphatic carbocycles. The summed E-state index contributed by atoms with van der Waals surface area (Å²) in [6.45, 7) is 6.35. The third kappa shape index (κ3) is 3.47. The second-order valence-electron chi connectivity index (χ2n) is 4.85. The van der Waals surface area contributed by atoms with E-state index in [1.54, 1.807) is 0 Å². The number of rotatable bonds is 5. The first kappa shape index (κ1) is 12.4. The first-order valence-corrected chi connectivity index (χ1v) is 6.74. The maximum absolute atomic E-state index is 5.61. The molecule has 0 radical (unpaired) electrons. The average Bonchev–Trinajstić information content (AvgIpc) is 2.82. The minimum atomic E-state index is 0.485. The molecule has 0 spiro atoms. The van der Waals surface area contributed by atoms with Crippen molar-refractivity contribution >= 4 is 5.69 Å². The number of aryl methyl sites for hydroxylation is 2. The van der Waals surface area contributed by atoms with E-state index >= 15 is 0 Å². The molecule has 2 heteroatoms. The zero-order valence-corrected chi connectivity index (χ0v) is 11.0. The SMILES string of the molecule is CCc1ccc(NCCC2CCCO2)cc1C.